The van der Waals surface area contributed by atoms with Crippen LogP contribution in [0.15, 0.2) is 71.1 Å². The molecule has 0 radical (unpaired) electrons. The predicted molar refractivity (Wildman–Crippen MR) is 121 cm³/mol. The Morgan fingerprint density at radius 2 is 1.53 bits per heavy atom. The van der Waals surface area contributed by atoms with Gasteiger partial charge in [-0.25, -0.2) is 8.42 Å². The quantitative estimate of drug-likeness (QED) is 0.595. The van der Waals surface area contributed by atoms with E-state index in [1.807, 2.05) is 62.4 Å². The number of Topliss-reactive ketones (excluding diaryl/α,β-unsaturated/α-hetero) is 1. The Balaban J connectivity index is 1.65. The number of thiophene rings is 1. The molecule has 0 atom stereocenters. The van der Waals surface area contributed by atoms with Crippen LogP contribution >= 0.6 is 11.3 Å². The van der Waals surface area contributed by atoms with Crippen LogP contribution in [0, 0.1) is 13.8 Å². The Bertz CT molecular complexity index is 1210. The van der Waals surface area contributed by atoms with Gasteiger partial charge >= 0.3 is 0 Å². The van der Waals surface area contributed by atoms with Gasteiger partial charge in [-0.1, -0.05) is 59.7 Å². The second kappa shape index (κ2) is 8.08. The van der Waals surface area contributed by atoms with Crippen molar-refractivity contribution < 1.29 is 13.2 Å². The number of carbonyl (C=O) groups is 1. The smallest absolute Gasteiger partial charge is 0.270 e. The van der Waals surface area contributed by atoms with Gasteiger partial charge < -0.3 is 5.32 Å². The number of nitrogens with one attached hydrogen (secondary N) is 1. The van der Waals surface area contributed by atoms with Gasteiger partial charge in [0, 0.05) is 12.7 Å². The van der Waals surface area contributed by atoms with Crippen LogP contribution in [0.25, 0.3) is 0 Å². The summed E-state index contributed by atoms with van der Waals surface area (Å²) in [6, 6.07) is 17.3. The molecule has 1 aromatic heterocycles. The summed E-state index contributed by atoms with van der Waals surface area (Å²) in [4.78, 5) is 13.1. The molecule has 1 N–H and O–H groups in total. The molecule has 0 amide bonds. The first kappa shape index (κ1) is 20.4. The van der Waals surface area contributed by atoms with Gasteiger partial charge in [0.1, 0.15) is 4.88 Å². The third-order valence-electron chi connectivity index (χ3n) is 5.02. The van der Waals surface area contributed by atoms with Gasteiger partial charge in [-0.2, -0.15) is 0 Å². The average Bonchev–Trinajstić information content (AvgIpc) is 3.20. The fourth-order valence-electron chi connectivity index (χ4n) is 3.28. The van der Waals surface area contributed by atoms with Crippen molar-refractivity contribution >= 4 is 32.8 Å². The van der Waals surface area contributed by atoms with E-state index in [0.717, 1.165) is 22.3 Å². The summed E-state index contributed by atoms with van der Waals surface area (Å²) >= 11 is 1.26. The highest BCUT2D eigenvalue weighted by Crippen LogP contribution is 2.39. The van der Waals surface area contributed by atoms with E-state index >= 15 is 0 Å². The molecular formula is C23H22N2O3S2. The van der Waals surface area contributed by atoms with Gasteiger partial charge in [0.2, 0.25) is 5.78 Å². The lowest BCUT2D eigenvalue weighted by Gasteiger charge is -2.29. The zero-order valence-electron chi connectivity index (χ0n) is 16.8. The minimum Gasteiger partial charge on any atom is -0.386 e. The van der Waals surface area contributed by atoms with Crippen molar-refractivity contribution in [2.24, 2.45) is 0 Å². The summed E-state index contributed by atoms with van der Waals surface area (Å²) < 4.78 is 28.0. The minimum absolute atomic E-state index is 0.176. The average molecular weight is 439 g/mol. The Morgan fingerprint density at radius 1 is 0.933 bits per heavy atom. The van der Waals surface area contributed by atoms with E-state index in [9.17, 15) is 13.2 Å². The Kier molecular flexibility index (Phi) is 5.49. The number of fused-ring (bicyclic) bond motifs is 1. The number of rotatable bonds is 5. The van der Waals surface area contributed by atoms with Gasteiger partial charge in [-0.05, 0) is 36.4 Å². The van der Waals surface area contributed by atoms with Crippen molar-refractivity contribution in [1.82, 2.24) is 5.32 Å². The molecule has 30 heavy (non-hydrogen) atoms. The number of carbonyl (C=O) groups excluding carboxylic acids is 1. The van der Waals surface area contributed by atoms with Crippen molar-refractivity contribution in [3.05, 3.63) is 98.2 Å². The number of nitrogens with zero attached hydrogens (tertiary/aromatic N) is 1. The Morgan fingerprint density at radius 3 is 2.17 bits per heavy atom. The summed E-state index contributed by atoms with van der Waals surface area (Å²) in [6.07, 6.45) is 1.34. The highest BCUT2D eigenvalue weighted by atomic mass is 32.2. The van der Waals surface area contributed by atoms with Crippen LogP contribution in [0.4, 0.5) is 5.69 Å². The third-order valence-corrected chi connectivity index (χ3v) is 7.69. The molecule has 1 aliphatic rings. The first-order chi connectivity index (χ1) is 14.4. The van der Waals surface area contributed by atoms with Crippen molar-refractivity contribution in [3.8, 4) is 0 Å². The second-order valence-electron chi connectivity index (χ2n) is 7.34. The lowest BCUT2D eigenvalue weighted by molar-refractivity contribution is 0.104. The second-order valence-corrected chi connectivity index (χ2v) is 10.1. The number of benzene rings is 2. The van der Waals surface area contributed by atoms with Crippen LogP contribution in [0.2, 0.25) is 0 Å². The molecule has 5 nitrogen and oxygen atoms in total. The minimum atomic E-state index is -3.98. The van der Waals surface area contributed by atoms with E-state index in [1.165, 1.54) is 21.8 Å². The van der Waals surface area contributed by atoms with Crippen LogP contribution in [-0.4, -0.2) is 14.2 Å². The number of ketones is 1. The zero-order chi connectivity index (χ0) is 21.3. The fraction of sp³-hybridized carbons (Fsp3) is 0.174. The van der Waals surface area contributed by atoms with Crippen molar-refractivity contribution in [1.29, 1.82) is 0 Å². The molecule has 0 saturated carbocycles. The standard InChI is InChI=1S/C23H22N2O3S2/c1-16-3-7-18(8-4-16)13-24-14-21-22(26)23-20(11-12-29-23)25(30(21,27)28)15-19-9-5-17(2)6-10-19/h3-12,14,24H,13,15H2,1-2H3/b21-14-. The molecule has 0 aliphatic carbocycles. The maximum atomic E-state index is 13.3. The number of hydrogen-bond acceptors (Lipinski definition) is 5. The molecule has 0 spiro atoms. The molecule has 0 saturated heterocycles. The number of allylic oxidation sites excluding steroid dienone is 1. The van der Waals surface area contributed by atoms with Crippen molar-refractivity contribution in [2.75, 3.05) is 4.31 Å². The van der Waals surface area contributed by atoms with E-state index in [1.54, 1.807) is 11.4 Å². The topological polar surface area (TPSA) is 66.5 Å². The van der Waals surface area contributed by atoms with Crippen LogP contribution in [0.3, 0.4) is 0 Å². The molecule has 1 aliphatic heterocycles. The maximum absolute atomic E-state index is 13.3. The molecule has 3 aromatic rings. The summed E-state index contributed by atoms with van der Waals surface area (Å²) in [5.41, 5.74) is 4.57. The van der Waals surface area contributed by atoms with Crippen LogP contribution < -0.4 is 9.62 Å². The predicted octanol–water partition coefficient (Wildman–Crippen LogP) is 4.53. The van der Waals surface area contributed by atoms with Crippen molar-refractivity contribution in [2.45, 2.75) is 26.9 Å². The summed E-state index contributed by atoms with van der Waals surface area (Å²) in [5, 5.41) is 4.76. The van der Waals surface area contributed by atoms with E-state index in [4.69, 9.17) is 0 Å². The molecule has 2 heterocycles. The normalized spacial score (nSPS) is 16.5. The Hall–Kier alpha value is -2.90. The lowest BCUT2D eigenvalue weighted by atomic mass is 10.1. The van der Waals surface area contributed by atoms with Gasteiger partial charge in [0.25, 0.3) is 10.0 Å². The molecular weight excluding hydrogens is 416 g/mol. The van der Waals surface area contributed by atoms with Crippen LogP contribution in [0.5, 0.6) is 0 Å². The molecule has 2 aromatic carbocycles. The molecule has 7 heteroatoms. The van der Waals surface area contributed by atoms with Crippen molar-refractivity contribution in [3.63, 3.8) is 0 Å². The molecule has 0 fully saturated rings. The largest absolute Gasteiger partial charge is 0.386 e. The van der Waals surface area contributed by atoms with Crippen LogP contribution in [-0.2, 0) is 23.1 Å². The molecule has 4 rings (SSSR count). The molecule has 0 unspecified atom stereocenters. The highest BCUT2D eigenvalue weighted by Gasteiger charge is 2.41. The zero-order valence-corrected chi connectivity index (χ0v) is 18.4. The Labute approximate surface area is 180 Å². The summed E-state index contributed by atoms with van der Waals surface area (Å²) in [5.74, 6) is -0.462. The van der Waals surface area contributed by atoms with Gasteiger partial charge in [0.15, 0.2) is 4.91 Å². The first-order valence-corrected chi connectivity index (χ1v) is 11.9. The van der Waals surface area contributed by atoms with Crippen LogP contribution in [0.1, 0.15) is 31.9 Å². The molecule has 154 valence electrons. The van der Waals surface area contributed by atoms with E-state index in [2.05, 4.69) is 5.32 Å². The maximum Gasteiger partial charge on any atom is 0.270 e. The summed E-state index contributed by atoms with van der Waals surface area (Å²) in [7, 11) is -3.98. The monoisotopic (exact) mass is 438 g/mol. The van der Waals surface area contributed by atoms with E-state index < -0.39 is 15.8 Å². The van der Waals surface area contributed by atoms with Gasteiger partial charge in [0.05, 0.1) is 12.2 Å². The fourth-order valence-corrected chi connectivity index (χ4v) is 5.79. The summed E-state index contributed by atoms with van der Waals surface area (Å²) in [6.45, 7) is 4.60. The van der Waals surface area contributed by atoms with Gasteiger partial charge in [-0.3, -0.25) is 9.10 Å². The van der Waals surface area contributed by atoms with E-state index in [-0.39, 0.29) is 11.4 Å². The first-order valence-electron chi connectivity index (χ1n) is 9.56. The third kappa shape index (κ3) is 3.91. The highest BCUT2D eigenvalue weighted by molar-refractivity contribution is 7.97. The lowest BCUT2D eigenvalue weighted by Crippen LogP contribution is -2.38. The molecule has 0 bridgehead atoms. The number of sulfonamides is 1. The van der Waals surface area contributed by atoms with Gasteiger partial charge in [-0.15, -0.1) is 11.3 Å². The number of hydrogen-bond donors (Lipinski definition) is 1. The van der Waals surface area contributed by atoms with E-state index in [0.29, 0.717) is 17.1 Å². The number of aryl methyl sites for hydroxylation is 2. The number of anilines is 1. The SMILES string of the molecule is Cc1ccc(CN/C=C2/C(=O)c3sccc3N(Cc3ccc(C)cc3)S2(=O)=O)cc1.